The normalized spacial score (nSPS) is 10.6. The van der Waals surface area contributed by atoms with Crippen molar-refractivity contribution in [1.82, 2.24) is 9.78 Å². The van der Waals surface area contributed by atoms with E-state index in [2.05, 4.69) is 10.4 Å². The zero-order chi connectivity index (χ0) is 14.0. The van der Waals surface area contributed by atoms with Gasteiger partial charge in [0.1, 0.15) is 5.75 Å². The second kappa shape index (κ2) is 5.72. The summed E-state index contributed by atoms with van der Waals surface area (Å²) >= 11 is 12.3. The summed E-state index contributed by atoms with van der Waals surface area (Å²) in [4.78, 5) is 0. The van der Waals surface area contributed by atoms with E-state index in [4.69, 9.17) is 27.9 Å². The van der Waals surface area contributed by atoms with E-state index < -0.39 is 0 Å². The van der Waals surface area contributed by atoms with Gasteiger partial charge in [0.25, 0.3) is 0 Å². The Morgan fingerprint density at radius 2 is 2.11 bits per heavy atom. The Labute approximate surface area is 122 Å². The fourth-order valence-corrected chi connectivity index (χ4v) is 2.23. The van der Waals surface area contributed by atoms with Crippen LogP contribution in [0.25, 0.3) is 0 Å². The van der Waals surface area contributed by atoms with Gasteiger partial charge >= 0.3 is 0 Å². The largest absolute Gasteiger partial charge is 0.497 e. The maximum absolute atomic E-state index is 6.20. The Bertz CT molecular complexity index is 596. The number of nitrogens with one attached hydrogen (secondary N) is 1. The van der Waals surface area contributed by atoms with Crippen LogP contribution in [0.15, 0.2) is 18.2 Å². The van der Waals surface area contributed by atoms with Crippen LogP contribution in [-0.4, -0.2) is 16.9 Å². The Morgan fingerprint density at radius 1 is 1.37 bits per heavy atom. The second-order valence-electron chi connectivity index (χ2n) is 4.17. The topological polar surface area (TPSA) is 39.1 Å². The van der Waals surface area contributed by atoms with E-state index in [1.807, 2.05) is 26.1 Å². The summed E-state index contributed by atoms with van der Waals surface area (Å²) in [7, 11) is 3.48. The summed E-state index contributed by atoms with van der Waals surface area (Å²) < 4.78 is 6.93. The number of ether oxygens (including phenoxy) is 1. The zero-order valence-electron chi connectivity index (χ0n) is 11.0. The molecule has 0 radical (unpaired) electrons. The monoisotopic (exact) mass is 299 g/mol. The first-order valence-corrected chi connectivity index (χ1v) is 6.54. The lowest BCUT2D eigenvalue weighted by Gasteiger charge is -2.10. The van der Waals surface area contributed by atoms with E-state index in [-0.39, 0.29) is 0 Å². The first-order chi connectivity index (χ1) is 9.02. The molecule has 19 heavy (non-hydrogen) atoms. The van der Waals surface area contributed by atoms with Gasteiger partial charge in [-0.3, -0.25) is 4.68 Å². The molecule has 2 aromatic rings. The van der Waals surface area contributed by atoms with Crippen LogP contribution in [-0.2, 0) is 13.6 Å². The molecular weight excluding hydrogens is 285 g/mol. The fraction of sp³-hybridized carbons (Fsp3) is 0.308. The molecule has 0 bridgehead atoms. The number of benzene rings is 1. The summed E-state index contributed by atoms with van der Waals surface area (Å²) in [5.74, 6) is 0.749. The third kappa shape index (κ3) is 2.96. The molecule has 0 spiro atoms. The number of anilines is 1. The van der Waals surface area contributed by atoms with Gasteiger partial charge in [0.15, 0.2) is 0 Å². The minimum absolute atomic E-state index is 0.545. The molecule has 0 amide bonds. The SMILES string of the molecule is COc1ccc(Cl)c(NCc2c(Cl)c(C)nn2C)c1. The third-order valence-electron chi connectivity index (χ3n) is 2.88. The van der Waals surface area contributed by atoms with Crippen molar-refractivity contribution in [2.75, 3.05) is 12.4 Å². The van der Waals surface area contributed by atoms with Crippen LogP contribution < -0.4 is 10.1 Å². The number of methoxy groups -OCH3 is 1. The molecule has 0 saturated carbocycles. The molecule has 1 heterocycles. The van der Waals surface area contributed by atoms with Gasteiger partial charge < -0.3 is 10.1 Å². The molecule has 102 valence electrons. The van der Waals surface area contributed by atoms with Gasteiger partial charge in [-0.2, -0.15) is 5.10 Å². The smallest absolute Gasteiger partial charge is 0.121 e. The molecule has 0 saturated heterocycles. The van der Waals surface area contributed by atoms with Gasteiger partial charge in [-0.25, -0.2) is 0 Å². The van der Waals surface area contributed by atoms with Gasteiger partial charge in [0.05, 0.1) is 40.8 Å². The highest BCUT2D eigenvalue weighted by Gasteiger charge is 2.11. The van der Waals surface area contributed by atoms with Crippen molar-refractivity contribution in [3.8, 4) is 5.75 Å². The maximum Gasteiger partial charge on any atom is 0.121 e. The van der Waals surface area contributed by atoms with Crippen molar-refractivity contribution in [3.05, 3.63) is 39.6 Å². The highest BCUT2D eigenvalue weighted by molar-refractivity contribution is 6.33. The van der Waals surface area contributed by atoms with Crippen molar-refractivity contribution in [3.63, 3.8) is 0 Å². The van der Waals surface area contributed by atoms with E-state index in [0.717, 1.165) is 22.8 Å². The highest BCUT2D eigenvalue weighted by atomic mass is 35.5. The van der Waals surface area contributed by atoms with Crippen LogP contribution >= 0.6 is 23.2 Å². The first kappa shape index (κ1) is 14.0. The van der Waals surface area contributed by atoms with Gasteiger partial charge in [-0.05, 0) is 19.1 Å². The zero-order valence-corrected chi connectivity index (χ0v) is 12.5. The molecular formula is C13H15Cl2N3O. The third-order valence-corrected chi connectivity index (χ3v) is 3.70. The van der Waals surface area contributed by atoms with Gasteiger partial charge in [0.2, 0.25) is 0 Å². The van der Waals surface area contributed by atoms with Gasteiger partial charge in [-0.1, -0.05) is 23.2 Å². The summed E-state index contributed by atoms with van der Waals surface area (Å²) in [6.45, 7) is 2.42. The van der Waals surface area contributed by atoms with Crippen molar-refractivity contribution < 1.29 is 4.74 Å². The average Bonchev–Trinajstić information content (AvgIpc) is 2.63. The van der Waals surface area contributed by atoms with Crippen LogP contribution in [0, 0.1) is 6.92 Å². The van der Waals surface area contributed by atoms with E-state index in [1.165, 1.54) is 0 Å². The molecule has 1 aromatic carbocycles. The quantitative estimate of drug-likeness (QED) is 0.936. The van der Waals surface area contributed by atoms with Crippen molar-refractivity contribution >= 4 is 28.9 Å². The van der Waals surface area contributed by atoms with Crippen LogP contribution in [0.5, 0.6) is 5.75 Å². The summed E-state index contributed by atoms with van der Waals surface area (Å²) in [5.41, 5.74) is 2.53. The highest BCUT2D eigenvalue weighted by Crippen LogP contribution is 2.28. The Balaban J connectivity index is 2.18. The standard InChI is InChI=1S/C13H15Cl2N3O/c1-8-13(15)12(18(2)17-8)7-16-11-6-9(19-3)4-5-10(11)14/h4-6,16H,7H2,1-3H3. The minimum Gasteiger partial charge on any atom is -0.497 e. The summed E-state index contributed by atoms with van der Waals surface area (Å²) in [6, 6.07) is 5.45. The molecule has 1 aromatic heterocycles. The molecule has 6 heteroatoms. The Morgan fingerprint density at radius 3 is 2.68 bits per heavy atom. The van der Waals surface area contributed by atoms with E-state index in [9.17, 15) is 0 Å². The van der Waals surface area contributed by atoms with Crippen molar-refractivity contribution in [2.24, 2.45) is 7.05 Å². The molecule has 0 atom stereocenters. The molecule has 0 aliphatic heterocycles. The number of halogens is 2. The van der Waals surface area contributed by atoms with Crippen molar-refractivity contribution in [2.45, 2.75) is 13.5 Å². The summed E-state index contributed by atoms with van der Waals surface area (Å²) in [6.07, 6.45) is 0. The van der Waals surface area contributed by atoms with Crippen LogP contribution in [0.2, 0.25) is 10.0 Å². The number of rotatable bonds is 4. The van der Waals surface area contributed by atoms with E-state index in [1.54, 1.807) is 17.9 Å². The Hall–Kier alpha value is -1.39. The predicted molar refractivity (Wildman–Crippen MR) is 78.3 cm³/mol. The number of nitrogens with zero attached hydrogens (tertiary/aromatic N) is 2. The molecule has 0 aliphatic rings. The predicted octanol–water partition coefficient (Wildman–Crippen LogP) is 3.66. The van der Waals surface area contributed by atoms with Crippen molar-refractivity contribution in [1.29, 1.82) is 0 Å². The van der Waals surface area contributed by atoms with E-state index >= 15 is 0 Å². The molecule has 0 fully saturated rings. The van der Waals surface area contributed by atoms with E-state index in [0.29, 0.717) is 16.6 Å². The van der Waals surface area contributed by atoms with Gasteiger partial charge in [-0.15, -0.1) is 0 Å². The number of hydrogen-bond donors (Lipinski definition) is 1. The lowest BCUT2D eigenvalue weighted by molar-refractivity contribution is 0.415. The fourth-order valence-electron chi connectivity index (χ4n) is 1.82. The van der Waals surface area contributed by atoms with Gasteiger partial charge in [0, 0.05) is 13.1 Å². The second-order valence-corrected chi connectivity index (χ2v) is 4.95. The van der Waals surface area contributed by atoms with Crippen LogP contribution in [0.3, 0.4) is 0 Å². The van der Waals surface area contributed by atoms with Crippen LogP contribution in [0.1, 0.15) is 11.4 Å². The molecule has 1 N–H and O–H groups in total. The molecule has 0 aliphatic carbocycles. The number of hydrogen-bond acceptors (Lipinski definition) is 3. The lowest BCUT2D eigenvalue weighted by Crippen LogP contribution is -2.06. The molecule has 4 nitrogen and oxygen atoms in total. The minimum atomic E-state index is 0.545. The number of aromatic nitrogens is 2. The average molecular weight is 300 g/mol. The maximum atomic E-state index is 6.20. The Kier molecular flexibility index (Phi) is 4.22. The first-order valence-electron chi connectivity index (χ1n) is 5.78. The molecule has 0 unspecified atom stereocenters. The molecule has 2 rings (SSSR count). The number of aryl methyl sites for hydroxylation is 2. The lowest BCUT2D eigenvalue weighted by atomic mass is 10.3. The van der Waals surface area contributed by atoms with Crippen LogP contribution in [0.4, 0.5) is 5.69 Å². The summed E-state index contributed by atoms with van der Waals surface area (Å²) in [5, 5.41) is 8.82.